The van der Waals surface area contributed by atoms with E-state index in [4.69, 9.17) is 0 Å². The van der Waals surface area contributed by atoms with Gasteiger partial charge in [0.25, 0.3) is 10.0 Å². The quantitative estimate of drug-likeness (QED) is 0.847. The molecule has 5 nitrogen and oxygen atoms in total. The number of hydrogen-bond donors (Lipinski definition) is 0. The Hall–Kier alpha value is -2.34. The molecule has 0 bridgehead atoms. The fourth-order valence-electron chi connectivity index (χ4n) is 3.37. The van der Waals surface area contributed by atoms with E-state index < -0.39 is 10.0 Å². The summed E-state index contributed by atoms with van der Waals surface area (Å²) >= 11 is 0. The first-order chi connectivity index (χ1) is 11.7. The Labute approximate surface area is 148 Å². The number of benzene rings is 2. The zero-order chi connectivity index (χ0) is 18.4. The molecule has 1 aliphatic rings. The molecule has 0 spiro atoms. The van der Waals surface area contributed by atoms with Gasteiger partial charge in [0.15, 0.2) is 0 Å². The van der Waals surface area contributed by atoms with Crippen LogP contribution in [0.1, 0.15) is 25.0 Å². The zero-order valence-corrected chi connectivity index (χ0v) is 15.7. The number of carbonyl (C=O) groups excluding carboxylic acids is 1. The van der Waals surface area contributed by atoms with Gasteiger partial charge in [0.05, 0.1) is 10.6 Å². The molecule has 2 aromatic rings. The molecule has 0 unspecified atom stereocenters. The lowest BCUT2D eigenvalue weighted by atomic mass is 10.1. The van der Waals surface area contributed by atoms with Gasteiger partial charge in [-0.3, -0.25) is 9.10 Å². The van der Waals surface area contributed by atoms with Crippen LogP contribution >= 0.6 is 0 Å². The monoisotopic (exact) mass is 358 g/mol. The summed E-state index contributed by atoms with van der Waals surface area (Å²) in [5, 5.41) is 0. The summed E-state index contributed by atoms with van der Waals surface area (Å²) in [4.78, 5) is 13.8. The van der Waals surface area contributed by atoms with Crippen molar-refractivity contribution in [3.8, 4) is 0 Å². The van der Waals surface area contributed by atoms with Gasteiger partial charge in [-0.05, 0) is 61.7 Å². The van der Waals surface area contributed by atoms with E-state index in [2.05, 4.69) is 0 Å². The Morgan fingerprint density at radius 2 is 1.92 bits per heavy atom. The second kappa shape index (κ2) is 6.19. The third-order valence-electron chi connectivity index (χ3n) is 4.63. The van der Waals surface area contributed by atoms with Crippen molar-refractivity contribution in [2.75, 3.05) is 16.3 Å². The molecule has 0 N–H and O–H groups in total. The maximum Gasteiger partial charge on any atom is 0.264 e. The first-order valence-electron chi connectivity index (χ1n) is 8.20. The highest BCUT2D eigenvalue weighted by atomic mass is 32.2. The molecule has 0 aromatic heterocycles. The van der Waals surface area contributed by atoms with Gasteiger partial charge in [-0.1, -0.05) is 12.1 Å². The minimum Gasteiger partial charge on any atom is -0.309 e. The molecule has 1 amide bonds. The van der Waals surface area contributed by atoms with Crippen molar-refractivity contribution in [2.45, 2.75) is 38.1 Å². The van der Waals surface area contributed by atoms with Gasteiger partial charge in [-0.15, -0.1) is 0 Å². The predicted molar refractivity (Wildman–Crippen MR) is 99.5 cm³/mol. The number of sulfonamides is 1. The molecule has 0 saturated carbocycles. The number of fused-ring (bicyclic) bond motifs is 1. The highest BCUT2D eigenvalue weighted by molar-refractivity contribution is 7.92. The van der Waals surface area contributed by atoms with Gasteiger partial charge in [0.2, 0.25) is 5.91 Å². The number of nitrogens with zero attached hydrogens (tertiary/aromatic N) is 2. The maximum atomic E-state index is 13.0. The van der Waals surface area contributed by atoms with Crippen molar-refractivity contribution in [1.29, 1.82) is 0 Å². The Kier molecular flexibility index (Phi) is 4.33. The van der Waals surface area contributed by atoms with Gasteiger partial charge in [-0.25, -0.2) is 8.42 Å². The molecule has 2 aromatic carbocycles. The second-order valence-corrected chi connectivity index (χ2v) is 8.51. The van der Waals surface area contributed by atoms with Gasteiger partial charge in [0, 0.05) is 25.7 Å². The number of aryl methyl sites for hydroxylation is 1. The van der Waals surface area contributed by atoms with Crippen LogP contribution < -0.4 is 9.21 Å². The summed E-state index contributed by atoms with van der Waals surface area (Å²) in [6.07, 6.45) is 0.659. The lowest BCUT2D eigenvalue weighted by Gasteiger charge is -2.22. The summed E-state index contributed by atoms with van der Waals surface area (Å²) < 4.78 is 27.3. The SMILES string of the molecule is CC(=O)N1c2ccc(S(=O)(=O)N(C)c3cccc(C)c3)cc2C[C@@H]1C. The number of anilines is 2. The molecule has 1 aliphatic heterocycles. The van der Waals surface area contributed by atoms with Crippen molar-refractivity contribution in [2.24, 2.45) is 0 Å². The van der Waals surface area contributed by atoms with Crippen molar-refractivity contribution < 1.29 is 13.2 Å². The smallest absolute Gasteiger partial charge is 0.264 e. The molecular formula is C19H22N2O3S. The summed E-state index contributed by atoms with van der Waals surface area (Å²) in [6, 6.07) is 12.4. The number of carbonyl (C=O) groups is 1. The molecule has 0 radical (unpaired) electrons. The van der Waals surface area contributed by atoms with Crippen LogP contribution in [-0.4, -0.2) is 27.4 Å². The number of hydrogen-bond acceptors (Lipinski definition) is 3. The van der Waals surface area contributed by atoms with E-state index in [1.54, 1.807) is 36.2 Å². The molecule has 6 heteroatoms. The lowest BCUT2D eigenvalue weighted by molar-refractivity contribution is -0.116. The third kappa shape index (κ3) is 3.02. The Morgan fingerprint density at radius 1 is 1.20 bits per heavy atom. The molecule has 1 atom stereocenters. The van der Waals surface area contributed by atoms with Crippen LogP contribution in [0, 0.1) is 6.92 Å². The molecular weight excluding hydrogens is 336 g/mol. The Balaban J connectivity index is 2.00. The van der Waals surface area contributed by atoms with Gasteiger partial charge in [-0.2, -0.15) is 0 Å². The fraction of sp³-hybridized carbons (Fsp3) is 0.316. The van der Waals surface area contributed by atoms with Crippen LogP contribution in [0.2, 0.25) is 0 Å². The molecule has 0 aliphatic carbocycles. The van der Waals surface area contributed by atoms with Gasteiger partial charge >= 0.3 is 0 Å². The maximum absolute atomic E-state index is 13.0. The lowest BCUT2D eigenvalue weighted by Crippen LogP contribution is -2.33. The average molecular weight is 358 g/mol. The zero-order valence-electron chi connectivity index (χ0n) is 14.9. The van der Waals surface area contributed by atoms with E-state index >= 15 is 0 Å². The predicted octanol–water partition coefficient (Wildman–Crippen LogP) is 3.12. The Bertz CT molecular complexity index is 937. The second-order valence-electron chi connectivity index (χ2n) is 6.54. The van der Waals surface area contributed by atoms with E-state index in [-0.39, 0.29) is 16.8 Å². The molecule has 0 fully saturated rings. The third-order valence-corrected chi connectivity index (χ3v) is 6.41. The van der Waals surface area contributed by atoms with Crippen molar-refractivity contribution >= 4 is 27.3 Å². The normalized spacial score (nSPS) is 16.6. The number of rotatable bonds is 3. The standard InChI is InChI=1S/C19H22N2O3S/c1-13-6-5-7-17(10-13)20(4)25(23,24)18-8-9-19-16(12-18)11-14(2)21(19)15(3)22/h5-10,12,14H,11H2,1-4H3/t14-/m0/s1. The van der Waals surface area contributed by atoms with E-state index in [1.807, 2.05) is 32.0 Å². The van der Waals surface area contributed by atoms with Crippen LogP contribution in [0.4, 0.5) is 11.4 Å². The minimum atomic E-state index is -3.66. The molecule has 3 rings (SSSR count). The Morgan fingerprint density at radius 3 is 2.56 bits per heavy atom. The molecule has 0 saturated heterocycles. The molecule has 1 heterocycles. The average Bonchev–Trinajstić information content (AvgIpc) is 2.89. The molecule has 25 heavy (non-hydrogen) atoms. The van der Waals surface area contributed by atoms with E-state index in [0.717, 1.165) is 16.8 Å². The van der Waals surface area contributed by atoms with Crippen molar-refractivity contribution in [1.82, 2.24) is 0 Å². The largest absolute Gasteiger partial charge is 0.309 e. The summed E-state index contributed by atoms with van der Waals surface area (Å²) in [5.74, 6) is -0.0289. The summed E-state index contributed by atoms with van der Waals surface area (Å²) in [5.41, 5.74) is 3.32. The van der Waals surface area contributed by atoms with E-state index in [1.165, 1.54) is 11.2 Å². The van der Waals surface area contributed by atoms with Crippen LogP contribution in [0.25, 0.3) is 0 Å². The summed E-state index contributed by atoms with van der Waals surface area (Å²) in [7, 11) is -2.10. The topological polar surface area (TPSA) is 57.7 Å². The van der Waals surface area contributed by atoms with Gasteiger partial charge < -0.3 is 4.90 Å². The fourth-order valence-corrected chi connectivity index (χ4v) is 4.61. The van der Waals surface area contributed by atoms with Crippen LogP contribution in [0.5, 0.6) is 0 Å². The van der Waals surface area contributed by atoms with Crippen LogP contribution in [-0.2, 0) is 21.2 Å². The van der Waals surface area contributed by atoms with E-state index in [0.29, 0.717) is 12.1 Å². The highest BCUT2D eigenvalue weighted by Crippen LogP contribution is 2.35. The van der Waals surface area contributed by atoms with Crippen molar-refractivity contribution in [3.63, 3.8) is 0 Å². The highest BCUT2D eigenvalue weighted by Gasteiger charge is 2.31. The number of amides is 1. The minimum absolute atomic E-state index is 0.0289. The molecule has 132 valence electrons. The van der Waals surface area contributed by atoms with Gasteiger partial charge in [0.1, 0.15) is 0 Å². The summed E-state index contributed by atoms with van der Waals surface area (Å²) in [6.45, 7) is 5.42. The first kappa shape index (κ1) is 17.5. The van der Waals surface area contributed by atoms with Crippen molar-refractivity contribution in [3.05, 3.63) is 53.6 Å². The first-order valence-corrected chi connectivity index (χ1v) is 9.64. The van der Waals surface area contributed by atoms with Crippen LogP contribution in [0.15, 0.2) is 47.4 Å². The van der Waals surface area contributed by atoms with Crippen LogP contribution in [0.3, 0.4) is 0 Å². The van der Waals surface area contributed by atoms with E-state index in [9.17, 15) is 13.2 Å².